The van der Waals surface area contributed by atoms with Gasteiger partial charge in [-0.25, -0.2) is 9.37 Å². The molecule has 118 valence electrons. The van der Waals surface area contributed by atoms with Crippen LogP contribution in [0.15, 0.2) is 47.3 Å². The van der Waals surface area contributed by atoms with Crippen molar-refractivity contribution in [2.75, 3.05) is 0 Å². The number of aromatic nitrogens is 3. The molecule has 0 aliphatic carbocycles. The van der Waals surface area contributed by atoms with Gasteiger partial charge in [-0.2, -0.15) is 0 Å². The smallest absolute Gasteiger partial charge is 0.226 e. The summed E-state index contributed by atoms with van der Waals surface area (Å²) in [6, 6.07) is 6.36. The Balaban J connectivity index is 1.71. The molecule has 0 aliphatic heterocycles. The lowest BCUT2D eigenvalue weighted by atomic mass is 10.2. The Morgan fingerprint density at radius 3 is 2.87 bits per heavy atom. The maximum absolute atomic E-state index is 12.9. The number of amides is 1. The van der Waals surface area contributed by atoms with Crippen LogP contribution in [0.25, 0.3) is 5.65 Å². The number of pyridine rings is 2. The van der Waals surface area contributed by atoms with Gasteiger partial charge in [-0.1, -0.05) is 0 Å². The molecule has 5 nitrogen and oxygen atoms in total. The summed E-state index contributed by atoms with van der Waals surface area (Å²) >= 11 is 3.41. The lowest BCUT2D eigenvalue weighted by Gasteiger charge is -2.13. The molecule has 0 saturated heterocycles. The monoisotopic (exact) mass is 376 g/mol. The normalized spacial score (nSPS) is 12.3. The Hall–Kier alpha value is -2.28. The van der Waals surface area contributed by atoms with Crippen molar-refractivity contribution >= 4 is 27.5 Å². The van der Waals surface area contributed by atoms with Crippen LogP contribution in [0.5, 0.6) is 0 Å². The zero-order chi connectivity index (χ0) is 16.4. The minimum Gasteiger partial charge on any atom is -0.348 e. The minimum atomic E-state index is -0.399. The van der Waals surface area contributed by atoms with Crippen molar-refractivity contribution in [3.63, 3.8) is 0 Å². The summed E-state index contributed by atoms with van der Waals surface area (Å²) in [5.41, 5.74) is 2.18. The van der Waals surface area contributed by atoms with Gasteiger partial charge in [0.2, 0.25) is 5.91 Å². The van der Waals surface area contributed by atoms with Crippen LogP contribution in [0.1, 0.15) is 24.4 Å². The van der Waals surface area contributed by atoms with Gasteiger partial charge in [-0.15, -0.1) is 0 Å². The summed E-state index contributed by atoms with van der Waals surface area (Å²) in [4.78, 5) is 20.5. The minimum absolute atomic E-state index is 0.148. The van der Waals surface area contributed by atoms with E-state index in [1.165, 1.54) is 6.07 Å². The molecule has 0 fully saturated rings. The van der Waals surface area contributed by atoms with Gasteiger partial charge in [0, 0.05) is 16.9 Å². The Bertz CT molecular complexity index is 847. The molecule has 3 aromatic rings. The molecule has 0 saturated carbocycles. The predicted octanol–water partition coefficient (Wildman–Crippen LogP) is 3.05. The third-order valence-corrected chi connectivity index (χ3v) is 3.93. The van der Waals surface area contributed by atoms with E-state index in [4.69, 9.17) is 0 Å². The van der Waals surface area contributed by atoms with Gasteiger partial charge in [-0.3, -0.25) is 9.78 Å². The zero-order valence-electron chi connectivity index (χ0n) is 12.3. The van der Waals surface area contributed by atoms with E-state index >= 15 is 0 Å². The maximum Gasteiger partial charge on any atom is 0.226 e. The number of nitrogens with zero attached hydrogens (tertiary/aromatic N) is 3. The van der Waals surface area contributed by atoms with E-state index in [-0.39, 0.29) is 18.4 Å². The molecular weight excluding hydrogens is 363 g/mol. The standard InChI is InChI=1S/C16H14BrFN4O/c1-10(14-4-3-12(18)7-19-14)21-16(23)6-13-8-20-15-5-2-11(17)9-22(13)15/h2-5,7-10H,6H2,1H3,(H,21,23). The molecule has 0 bridgehead atoms. The summed E-state index contributed by atoms with van der Waals surface area (Å²) in [5.74, 6) is -0.547. The van der Waals surface area contributed by atoms with E-state index in [9.17, 15) is 9.18 Å². The second kappa shape index (κ2) is 6.45. The number of fused-ring (bicyclic) bond motifs is 1. The topological polar surface area (TPSA) is 59.3 Å². The van der Waals surface area contributed by atoms with Crippen molar-refractivity contribution in [1.29, 1.82) is 0 Å². The molecule has 0 spiro atoms. The lowest BCUT2D eigenvalue weighted by molar-refractivity contribution is -0.121. The van der Waals surface area contributed by atoms with E-state index in [0.717, 1.165) is 22.0 Å². The number of nitrogens with one attached hydrogen (secondary N) is 1. The van der Waals surface area contributed by atoms with E-state index in [2.05, 4.69) is 31.2 Å². The Morgan fingerprint density at radius 1 is 1.30 bits per heavy atom. The van der Waals surface area contributed by atoms with Gasteiger partial charge in [0.1, 0.15) is 11.5 Å². The molecule has 0 aliphatic rings. The van der Waals surface area contributed by atoms with Crippen LogP contribution in [-0.4, -0.2) is 20.3 Å². The van der Waals surface area contributed by atoms with Crippen LogP contribution in [0.3, 0.4) is 0 Å². The van der Waals surface area contributed by atoms with Crippen molar-refractivity contribution in [3.8, 4) is 0 Å². The number of imidazole rings is 1. The first kappa shape index (κ1) is 15.6. The molecule has 0 aromatic carbocycles. The molecule has 1 N–H and O–H groups in total. The van der Waals surface area contributed by atoms with E-state index < -0.39 is 5.82 Å². The van der Waals surface area contributed by atoms with E-state index in [1.807, 2.05) is 29.7 Å². The highest BCUT2D eigenvalue weighted by Gasteiger charge is 2.13. The van der Waals surface area contributed by atoms with Crippen molar-refractivity contribution in [2.45, 2.75) is 19.4 Å². The molecule has 3 aromatic heterocycles. The first-order valence-corrected chi connectivity index (χ1v) is 7.84. The molecule has 3 heterocycles. The highest BCUT2D eigenvalue weighted by Crippen LogP contribution is 2.15. The van der Waals surface area contributed by atoms with Gasteiger partial charge < -0.3 is 9.72 Å². The highest BCUT2D eigenvalue weighted by atomic mass is 79.9. The van der Waals surface area contributed by atoms with Crippen LogP contribution < -0.4 is 5.32 Å². The largest absolute Gasteiger partial charge is 0.348 e. The summed E-state index contributed by atoms with van der Waals surface area (Å²) < 4.78 is 15.7. The third kappa shape index (κ3) is 3.56. The fourth-order valence-electron chi connectivity index (χ4n) is 2.31. The van der Waals surface area contributed by atoms with Crippen molar-refractivity contribution in [2.24, 2.45) is 0 Å². The Morgan fingerprint density at radius 2 is 2.13 bits per heavy atom. The van der Waals surface area contributed by atoms with Gasteiger partial charge >= 0.3 is 0 Å². The number of hydrogen-bond acceptors (Lipinski definition) is 3. The van der Waals surface area contributed by atoms with Gasteiger partial charge in [0.25, 0.3) is 0 Å². The summed E-state index contributed by atoms with van der Waals surface area (Å²) in [5, 5.41) is 2.86. The number of halogens is 2. The van der Waals surface area contributed by atoms with E-state index in [0.29, 0.717) is 5.69 Å². The Kier molecular flexibility index (Phi) is 4.38. The van der Waals surface area contributed by atoms with Crippen LogP contribution in [0, 0.1) is 5.82 Å². The van der Waals surface area contributed by atoms with Crippen LogP contribution in [0.2, 0.25) is 0 Å². The molecule has 1 amide bonds. The molecule has 1 unspecified atom stereocenters. The van der Waals surface area contributed by atoms with Gasteiger partial charge in [0.05, 0.1) is 30.0 Å². The summed E-state index contributed by atoms with van der Waals surface area (Å²) in [6.45, 7) is 1.81. The first-order valence-electron chi connectivity index (χ1n) is 7.05. The molecular formula is C16H14BrFN4O. The van der Waals surface area contributed by atoms with Crippen molar-refractivity contribution in [1.82, 2.24) is 19.7 Å². The average Bonchev–Trinajstić information content (AvgIpc) is 2.90. The van der Waals surface area contributed by atoms with Crippen LogP contribution in [0.4, 0.5) is 4.39 Å². The first-order chi connectivity index (χ1) is 11.0. The molecule has 23 heavy (non-hydrogen) atoms. The quantitative estimate of drug-likeness (QED) is 0.761. The number of carbonyl (C=O) groups is 1. The SMILES string of the molecule is CC(NC(=O)Cc1cnc2ccc(Br)cn12)c1ccc(F)cn1. The molecule has 7 heteroatoms. The third-order valence-electron chi connectivity index (χ3n) is 3.46. The maximum atomic E-state index is 12.9. The predicted molar refractivity (Wildman–Crippen MR) is 87.3 cm³/mol. The average molecular weight is 377 g/mol. The molecule has 3 rings (SSSR count). The second-order valence-corrected chi connectivity index (χ2v) is 6.11. The molecule has 1 atom stereocenters. The van der Waals surface area contributed by atoms with Crippen LogP contribution in [-0.2, 0) is 11.2 Å². The fraction of sp³-hybridized carbons (Fsp3) is 0.188. The summed E-state index contributed by atoms with van der Waals surface area (Å²) in [6.07, 6.45) is 4.89. The van der Waals surface area contributed by atoms with E-state index in [1.54, 1.807) is 12.3 Å². The van der Waals surface area contributed by atoms with Crippen molar-refractivity contribution < 1.29 is 9.18 Å². The fourth-order valence-corrected chi connectivity index (χ4v) is 2.65. The highest BCUT2D eigenvalue weighted by molar-refractivity contribution is 9.10. The van der Waals surface area contributed by atoms with Gasteiger partial charge in [0.15, 0.2) is 0 Å². The number of rotatable bonds is 4. The Labute approximate surface area is 140 Å². The van der Waals surface area contributed by atoms with Crippen molar-refractivity contribution in [3.05, 3.63) is 64.5 Å². The van der Waals surface area contributed by atoms with Crippen LogP contribution >= 0.6 is 15.9 Å². The van der Waals surface area contributed by atoms with Gasteiger partial charge in [-0.05, 0) is 47.1 Å². The molecule has 0 radical (unpaired) electrons. The number of hydrogen-bond donors (Lipinski definition) is 1. The zero-order valence-corrected chi connectivity index (χ0v) is 13.9. The second-order valence-electron chi connectivity index (χ2n) is 5.19. The number of carbonyl (C=O) groups excluding carboxylic acids is 1. The summed E-state index contributed by atoms with van der Waals surface area (Å²) in [7, 11) is 0. The lowest BCUT2D eigenvalue weighted by Crippen LogP contribution is -2.29.